The van der Waals surface area contributed by atoms with Crippen molar-refractivity contribution >= 4 is 5.78 Å². The molecule has 0 unspecified atom stereocenters. The second-order valence-electron chi connectivity index (χ2n) is 5.96. The van der Waals surface area contributed by atoms with Gasteiger partial charge in [-0.15, -0.1) is 0 Å². The Morgan fingerprint density at radius 1 is 0.947 bits per heavy atom. The lowest BCUT2D eigenvalue weighted by atomic mass is 9.77. The predicted octanol–water partition coefficient (Wildman–Crippen LogP) is 4.43. The summed E-state index contributed by atoms with van der Waals surface area (Å²) >= 11 is 0. The van der Waals surface area contributed by atoms with Gasteiger partial charge in [-0.05, 0) is 38.8 Å². The number of carbonyl (C=O) groups excluding carboxylic acids is 1. The first-order valence-corrected chi connectivity index (χ1v) is 8.45. The maximum Gasteiger partial charge on any atom is 0.156 e. The van der Waals surface area contributed by atoms with Gasteiger partial charge in [-0.25, -0.2) is 0 Å². The highest BCUT2D eigenvalue weighted by atomic mass is 16.1. The molecule has 112 valence electrons. The average Bonchev–Trinajstić information content (AvgIpc) is 2.73. The van der Waals surface area contributed by atoms with Gasteiger partial charge in [-0.1, -0.05) is 53.4 Å². The van der Waals surface area contributed by atoms with E-state index in [1.54, 1.807) is 0 Å². The highest BCUT2D eigenvalue weighted by Gasteiger charge is 2.42. The molecule has 1 aliphatic carbocycles. The van der Waals surface area contributed by atoms with Crippen LogP contribution in [0.1, 0.15) is 79.1 Å². The summed E-state index contributed by atoms with van der Waals surface area (Å²) in [6.07, 6.45) is 9.31. The van der Waals surface area contributed by atoms with Crippen LogP contribution in [0.5, 0.6) is 0 Å². The minimum Gasteiger partial charge on any atom is -0.297 e. The number of ketones is 1. The Morgan fingerprint density at radius 2 is 1.42 bits per heavy atom. The van der Waals surface area contributed by atoms with E-state index >= 15 is 0 Å². The quantitative estimate of drug-likeness (QED) is 0.636. The number of hydrogen-bond donors (Lipinski definition) is 0. The van der Waals surface area contributed by atoms with Gasteiger partial charge in [-0.3, -0.25) is 9.69 Å². The van der Waals surface area contributed by atoms with Gasteiger partial charge in [0.25, 0.3) is 0 Å². The standard InChI is InChI=1S/C17H33NO/c1-5-17(6-2,18(7-3)8-4)16(19)15-13-11-9-10-12-14-15/h15H,5-14H2,1-4H3. The van der Waals surface area contributed by atoms with E-state index in [9.17, 15) is 4.79 Å². The van der Waals surface area contributed by atoms with Crippen LogP contribution in [0.15, 0.2) is 0 Å². The van der Waals surface area contributed by atoms with E-state index in [-0.39, 0.29) is 5.54 Å². The fourth-order valence-corrected chi connectivity index (χ4v) is 3.95. The van der Waals surface area contributed by atoms with Crippen LogP contribution in [0, 0.1) is 5.92 Å². The topological polar surface area (TPSA) is 20.3 Å². The van der Waals surface area contributed by atoms with E-state index in [4.69, 9.17) is 0 Å². The van der Waals surface area contributed by atoms with Crippen molar-refractivity contribution in [3.8, 4) is 0 Å². The Morgan fingerprint density at radius 3 is 1.79 bits per heavy atom. The zero-order valence-electron chi connectivity index (χ0n) is 13.5. The third-order valence-corrected chi connectivity index (χ3v) is 5.22. The van der Waals surface area contributed by atoms with Crippen LogP contribution in [0.2, 0.25) is 0 Å². The molecular formula is C17H33NO. The molecule has 0 aromatic heterocycles. The van der Waals surface area contributed by atoms with Crippen molar-refractivity contribution in [2.45, 2.75) is 84.6 Å². The van der Waals surface area contributed by atoms with Crippen molar-refractivity contribution in [3.05, 3.63) is 0 Å². The average molecular weight is 267 g/mol. The third-order valence-electron chi connectivity index (χ3n) is 5.22. The molecule has 1 rings (SSSR count). The summed E-state index contributed by atoms with van der Waals surface area (Å²) in [5.41, 5.74) is -0.196. The van der Waals surface area contributed by atoms with E-state index < -0.39 is 0 Å². The summed E-state index contributed by atoms with van der Waals surface area (Å²) in [5, 5.41) is 0. The summed E-state index contributed by atoms with van der Waals surface area (Å²) in [4.78, 5) is 15.6. The molecular weight excluding hydrogens is 234 g/mol. The lowest BCUT2D eigenvalue weighted by Crippen LogP contribution is -2.55. The van der Waals surface area contributed by atoms with Crippen LogP contribution in [-0.2, 0) is 4.79 Å². The van der Waals surface area contributed by atoms with Crippen LogP contribution in [0.3, 0.4) is 0 Å². The van der Waals surface area contributed by atoms with Gasteiger partial charge < -0.3 is 0 Å². The van der Waals surface area contributed by atoms with Crippen LogP contribution in [0.25, 0.3) is 0 Å². The molecule has 0 bridgehead atoms. The monoisotopic (exact) mass is 267 g/mol. The molecule has 1 saturated carbocycles. The zero-order chi connectivity index (χ0) is 14.3. The smallest absolute Gasteiger partial charge is 0.156 e. The molecule has 0 amide bonds. The van der Waals surface area contributed by atoms with Gasteiger partial charge in [0, 0.05) is 5.92 Å². The third kappa shape index (κ3) is 3.59. The van der Waals surface area contributed by atoms with Crippen LogP contribution < -0.4 is 0 Å². The fourth-order valence-electron chi connectivity index (χ4n) is 3.95. The molecule has 1 fully saturated rings. The van der Waals surface area contributed by atoms with Crippen LogP contribution in [-0.4, -0.2) is 29.3 Å². The van der Waals surface area contributed by atoms with Gasteiger partial charge in [0.15, 0.2) is 5.78 Å². The number of likely N-dealkylation sites (N-methyl/N-ethyl adjacent to an activating group) is 1. The largest absolute Gasteiger partial charge is 0.297 e. The van der Waals surface area contributed by atoms with Crippen molar-refractivity contribution in [1.82, 2.24) is 4.90 Å². The second kappa shape index (κ2) is 8.04. The SMILES string of the molecule is CCN(CC)C(CC)(CC)C(=O)C1CCCCCC1. The molecule has 19 heavy (non-hydrogen) atoms. The Bertz CT molecular complexity index is 258. The zero-order valence-corrected chi connectivity index (χ0v) is 13.5. The molecule has 0 aliphatic heterocycles. The number of nitrogens with zero attached hydrogens (tertiary/aromatic N) is 1. The summed E-state index contributed by atoms with van der Waals surface area (Å²) in [7, 11) is 0. The first kappa shape index (κ1) is 16.7. The maximum absolute atomic E-state index is 13.2. The minimum absolute atomic E-state index is 0.196. The first-order chi connectivity index (χ1) is 9.16. The molecule has 0 saturated heterocycles. The highest BCUT2D eigenvalue weighted by molar-refractivity contribution is 5.90. The van der Waals surface area contributed by atoms with Gasteiger partial charge in [0.05, 0.1) is 5.54 Å². The van der Waals surface area contributed by atoms with Crippen molar-refractivity contribution in [1.29, 1.82) is 0 Å². The van der Waals surface area contributed by atoms with Gasteiger partial charge in [-0.2, -0.15) is 0 Å². The second-order valence-corrected chi connectivity index (χ2v) is 5.96. The summed E-state index contributed by atoms with van der Waals surface area (Å²) in [5.74, 6) is 0.867. The molecule has 2 heteroatoms. The summed E-state index contributed by atoms with van der Waals surface area (Å²) < 4.78 is 0. The fraction of sp³-hybridized carbons (Fsp3) is 0.941. The molecule has 2 nitrogen and oxygen atoms in total. The van der Waals surface area contributed by atoms with Crippen molar-refractivity contribution < 1.29 is 4.79 Å². The molecule has 0 N–H and O–H groups in total. The first-order valence-electron chi connectivity index (χ1n) is 8.45. The van der Waals surface area contributed by atoms with Gasteiger partial charge in [0.1, 0.15) is 0 Å². The molecule has 0 aromatic rings. The molecule has 0 radical (unpaired) electrons. The van der Waals surface area contributed by atoms with E-state index in [1.807, 2.05) is 0 Å². The Kier molecular flexibility index (Phi) is 7.06. The van der Waals surface area contributed by atoms with E-state index in [1.165, 1.54) is 25.7 Å². The van der Waals surface area contributed by atoms with E-state index in [0.717, 1.165) is 38.8 Å². The van der Waals surface area contributed by atoms with E-state index in [2.05, 4.69) is 32.6 Å². The number of rotatable bonds is 7. The lowest BCUT2D eigenvalue weighted by molar-refractivity contribution is -0.136. The molecule has 1 aliphatic rings. The highest BCUT2D eigenvalue weighted by Crippen LogP contribution is 2.33. The van der Waals surface area contributed by atoms with Crippen molar-refractivity contribution in [3.63, 3.8) is 0 Å². The minimum atomic E-state index is -0.196. The van der Waals surface area contributed by atoms with E-state index in [0.29, 0.717) is 11.7 Å². The van der Waals surface area contributed by atoms with Crippen molar-refractivity contribution in [2.24, 2.45) is 5.92 Å². The van der Waals surface area contributed by atoms with Gasteiger partial charge in [0.2, 0.25) is 0 Å². The van der Waals surface area contributed by atoms with Gasteiger partial charge >= 0.3 is 0 Å². The summed E-state index contributed by atoms with van der Waals surface area (Å²) in [6, 6.07) is 0. The van der Waals surface area contributed by atoms with Crippen LogP contribution >= 0.6 is 0 Å². The number of carbonyl (C=O) groups is 1. The Hall–Kier alpha value is -0.370. The molecule has 0 atom stereocenters. The normalized spacial score (nSPS) is 18.6. The Labute approximate surface area is 119 Å². The maximum atomic E-state index is 13.2. The Balaban J connectivity index is 2.92. The lowest BCUT2D eigenvalue weighted by Gasteiger charge is -2.43. The number of hydrogen-bond acceptors (Lipinski definition) is 2. The van der Waals surface area contributed by atoms with Crippen molar-refractivity contribution in [2.75, 3.05) is 13.1 Å². The molecule has 0 heterocycles. The summed E-state index contributed by atoms with van der Waals surface area (Å²) in [6.45, 7) is 10.7. The molecule has 0 spiro atoms. The number of Topliss-reactive ketones (excluding diaryl/α,β-unsaturated/α-hetero) is 1. The predicted molar refractivity (Wildman–Crippen MR) is 82.4 cm³/mol. The molecule has 0 aromatic carbocycles. The van der Waals surface area contributed by atoms with Crippen LogP contribution in [0.4, 0.5) is 0 Å².